The van der Waals surface area contributed by atoms with Gasteiger partial charge in [0.05, 0.1) is 14.2 Å². The van der Waals surface area contributed by atoms with Gasteiger partial charge in [0.2, 0.25) is 0 Å². The van der Waals surface area contributed by atoms with Crippen LogP contribution in [0.25, 0.3) is 0 Å². The van der Waals surface area contributed by atoms with Crippen LogP contribution in [0.1, 0.15) is 30.3 Å². The molecule has 1 aromatic carbocycles. The summed E-state index contributed by atoms with van der Waals surface area (Å²) in [6.07, 6.45) is -1.26. The summed E-state index contributed by atoms with van der Waals surface area (Å²) < 4.78 is 23.5. The number of hydrogen-bond acceptors (Lipinski definition) is 4. The SMILES string of the molecule is COc1cc(C(C)F)cc(C(N)C(=O)O)c1OC. The minimum absolute atomic E-state index is 0.184. The van der Waals surface area contributed by atoms with Gasteiger partial charge in [0, 0.05) is 5.56 Å². The fourth-order valence-electron chi connectivity index (χ4n) is 1.61. The summed E-state index contributed by atoms with van der Waals surface area (Å²) in [7, 11) is 2.76. The molecule has 6 heteroatoms. The molecule has 0 saturated carbocycles. The number of nitrogens with two attached hydrogens (primary N) is 1. The topological polar surface area (TPSA) is 81.8 Å². The summed E-state index contributed by atoms with van der Waals surface area (Å²) in [4.78, 5) is 10.9. The molecule has 0 spiro atoms. The van der Waals surface area contributed by atoms with Gasteiger partial charge in [-0.2, -0.15) is 0 Å². The van der Waals surface area contributed by atoms with Crippen molar-refractivity contribution in [2.45, 2.75) is 19.1 Å². The molecule has 0 bridgehead atoms. The number of alkyl halides is 1. The number of benzene rings is 1. The minimum atomic E-state index is -1.30. The maximum absolute atomic E-state index is 13.3. The van der Waals surface area contributed by atoms with Gasteiger partial charge in [-0.3, -0.25) is 4.79 Å². The molecular formula is C12H16FNO4. The number of aliphatic carboxylic acids is 1. The zero-order chi connectivity index (χ0) is 13.9. The maximum Gasteiger partial charge on any atom is 0.325 e. The van der Waals surface area contributed by atoms with Gasteiger partial charge >= 0.3 is 5.97 Å². The Morgan fingerprint density at radius 3 is 2.39 bits per heavy atom. The number of ether oxygens (including phenoxy) is 2. The Balaban J connectivity index is 3.44. The largest absolute Gasteiger partial charge is 0.493 e. The summed E-state index contributed by atoms with van der Waals surface area (Å²) in [5.41, 5.74) is 6.02. The zero-order valence-corrected chi connectivity index (χ0v) is 10.4. The molecule has 100 valence electrons. The smallest absolute Gasteiger partial charge is 0.325 e. The van der Waals surface area contributed by atoms with Crippen molar-refractivity contribution in [3.8, 4) is 11.5 Å². The van der Waals surface area contributed by atoms with E-state index in [0.717, 1.165) is 0 Å². The van der Waals surface area contributed by atoms with Gasteiger partial charge in [0.15, 0.2) is 11.5 Å². The van der Waals surface area contributed by atoms with Crippen molar-refractivity contribution in [2.24, 2.45) is 5.73 Å². The molecule has 1 aromatic rings. The molecule has 0 aromatic heterocycles. The number of carboxylic acids is 1. The summed E-state index contributed by atoms with van der Waals surface area (Å²) in [5, 5.41) is 8.93. The van der Waals surface area contributed by atoms with Crippen LogP contribution in [0.2, 0.25) is 0 Å². The van der Waals surface area contributed by atoms with Gasteiger partial charge in [-0.15, -0.1) is 0 Å². The lowest BCUT2D eigenvalue weighted by atomic mass is 10.0. The molecule has 1 rings (SSSR count). The second kappa shape index (κ2) is 5.68. The number of carbonyl (C=O) groups is 1. The van der Waals surface area contributed by atoms with Crippen LogP contribution in [-0.4, -0.2) is 25.3 Å². The van der Waals surface area contributed by atoms with E-state index >= 15 is 0 Å². The molecule has 0 amide bonds. The number of halogens is 1. The Morgan fingerprint density at radius 2 is 2.00 bits per heavy atom. The van der Waals surface area contributed by atoms with Gasteiger partial charge in [0.1, 0.15) is 12.2 Å². The highest BCUT2D eigenvalue weighted by molar-refractivity contribution is 5.77. The second-order valence-electron chi connectivity index (χ2n) is 3.78. The van der Waals surface area contributed by atoms with E-state index in [1.54, 1.807) is 0 Å². The molecule has 2 atom stereocenters. The van der Waals surface area contributed by atoms with Crippen molar-refractivity contribution in [1.82, 2.24) is 0 Å². The van der Waals surface area contributed by atoms with Crippen molar-refractivity contribution in [3.63, 3.8) is 0 Å². The Kier molecular flexibility index (Phi) is 4.49. The number of methoxy groups -OCH3 is 2. The van der Waals surface area contributed by atoms with E-state index in [4.69, 9.17) is 20.3 Å². The van der Waals surface area contributed by atoms with Crippen LogP contribution in [-0.2, 0) is 4.79 Å². The summed E-state index contributed by atoms with van der Waals surface area (Å²) in [6, 6.07) is 1.54. The Hall–Kier alpha value is -1.82. The van der Waals surface area contributed by atoms with Gasteiger partial charge in [-0.05, 0) is 24.6 Å². The van der Waals surface area contributed by atoms with Crippen LogP contribution in [0.15, 0.2) is 12.1 Å². The summed E-state index contributed by atoms with van der Waals surface area (Å²) in [5.74, 6) is -0.762. The molecule has 0 aliphatic heterocycles. The highest BCUT2D eigenvalue weighted by Gasteiger charge is 2.23. The third-order valence-electron chi connectivity index (χ3n) is 2.59. The lowest BCUT2D eigenvalue weighted by Crippen LogP contribution is -2.21. The van der Waals surface area contributed by atoms with E-state index in [1.807, 2.05) is 0 Å². The van der Waals surface area contributed by atoms with Crippen LogP contribution < -0.4 is 15.2 Å². The third-order valence-corrected chi connectivity index (χ3v) is 2.59. The van der Waals surface area contributed by atoms with Crippen molar-refractivity contribution in [3.05, 3.63) is 23.3 Å². The lowest BCUT2D eigenvalue weighted by molar-refractivity contribution is -0.138. The first-order valence-electron chi connectivity index (χ1n) is 5.30. The average Bonchev–Trinajstić information content (AvgIpc) is 2.35. The monoisotopic (exact) mass is 257 g/mol. The average molecular weight is 257 g/mol. The molecular weight excluding hydrogens is 241 g/mol. The van der Waals surface area contributed by atoms with Crippen molar-refractivity contribution >= 4 is 5.97 Å². The summed E-state index contributed by atoms with van der Waals surface area (Å²) >= 11 is 0. The first-order chi connectivity index (χ1) is 8.42. The summed E-state index contributed by atoms with van der Waals surface area (Å²) in [6.45, 7) is 1.34. The van der Waals surface area contributed by atoms with Gasteiger partial charge in [-0.25, -0.2) is 4.39 Å². The number of carboxylic acid groups (broad SMARTS) is 1. The highest BCUT2D eigenvalue weighted by Crippen LogP contribution is 2.37. The normalized spacial score (nSPS) is 13.8. The lowest BCUT2D eigenvalue weighted by Gasteiger charge is -2.17. The van der Waals surface area contributed by atoms with Crippen LogP contribution in [0, 0.1) is 0 Å². The second-order valence-corrected chi connectivity index (χ2v) is 3.78. The van der Waals surface area contributed by atoms with Gasteiger partial charge in [-0.1, -0.05) is 0 Å². The zero-order valence-electron chi connectivity index (χ0n) is 10.4. The molecule has 0 radical (unpaired) electrons. The predicted molar refractivity (Wildman–Crippen MR) is 63.6 cm³/mol. The van der Waals surface area contributed by atoms with Gasteiger partial charge in [0.25, 0.3) is 0 Å². The first-order valence-corrected chi connectivity index (χ1v) is 5.30. The molecule has 3 N–H and O–H groups in total. The highest BCUT2D eigenvalue weighted by atomic mass is 19.1. The van der Waals surface area contributed by atoms with Crippen LogP contribution in [0.4, 0.5) is 4.39 Å². The quantitative estimate of drug-likeness (QED) is 0.840. The molecule has 0 saturated heterocycles. The van der Waals surface area contributed by atoms with E-state index in [2.05, 4.69) is 0 Å². The van der Waals surface area contributed by atoms with E-state index in [1.165, 1.54) is 33.3 Å². The molecule has 5 nitrogen and oxygen atoms in total. The Morgan fingerprint density at radius 1 is 1.39 bits per heavy atom. The van der Waals surface area contributed by atoms with E-state index in [-0.39, 0.29) is 17.1 Å². The Bertz CT molecular complexity index is 448. The number of hydrogen-bond donors (Lipinski definition) is 2. The van der Waals surface area contributed by atoms with E-state index in [9.17, 15) is 9.18 Å². The fourth-order valence-corrected chi connectivity index (χ4v) is 1.61. The van der Waals surface area contributed by atoms with Crippen molar-refractivity contribution in [2.75, 3.05) is 14.2 Å². The van der Waals surface area contributed by atoms with Crippen LogP contribution in [0.5, 0.6) is 11.5 Å². The van der Waals surface area contributed by atoms with Gasteiger partial charge < -0.3 is 20.3 Å². The number of rotatable bonds is 5. The molecule has 2 unspecified atom stereocenters. The standard InChI is InChI=1S/C12H16FNO4/c1-6(13)7-4-8(10(14)12(15)16)11(18-3)9(5-7)17-2/h4-6,10H,14H2,1-3H3,(H,15,16). The maximum atomic E-state index is 13.3. The Labute approximate surface area is 104 Å². The van der Waals surface area contributed by atoms with E-state index < -0.39 is 18.2 Å². The molecule has 0 aliphatic rings. The van der Waals surface area contributed by atoms with E-state index in [0.29, 0.717) is 5.56 Å². The fraction of sp³-hybridized carbons (Fsp3) is 0.417. The molecule has 18 heavy (non-hydrogen) atoms. The first kappa shape index (κ1) is 14.2. The van der Waals surface area contributed by atoms with Crippen molar-refractivity contribution < 1.29 is 23.8 Å². The predicted octanol–water partition coefficient (Wildman–Crippen LogP) is 1.82. The minimum Gasteiger partial charge on any atom is -0.493 e. The van der Waals surface area contributed by atoms with Crippen molar-refractivity contribution in [1.29, 1.82) is 0 Å². The van der Waals surface area contributed by atoms with Crippen LogP contribution in [0.3, 0.4) is 0 Å². The molecule has 0 aliphatic carbocycles. The van der Waals surface area contributed by atoms with Crippen LogP contribution >= 0.6 is 0 Å². The molecule has 0 heterocycles. The molecule has 0 fully saturated rings. The third kappa shape index (κ3) is 2.70.